The minimum Gasteiger partial charge on any atom is -0.481 e. The molecular weight excluding hydrogens is 272 g/mol. The summed E-state index contributed by atoms with van der Waals surface area (Å²) in [7, 11) is 0. The van der Waals surface area contributed by atoms with Crippen LogP contribution in [-0.2, 0) is 16.8 Å². The monoisotopic (exact) mass is 288 g/mol. The lowest BCUT2D eigenvalue weighted by Gasteiger charge is -2.25. The van der Waals surface area contributed by atoms with Crippen LogP contribution in [0.5, 0.6) is 0 Å². The maximum Gasteiger partial charge on any atom is 0.315 e. The van der Waals surface area contributed by atoms with Crippen LogP contribution in [0.1, 0.15) is 17.0 Å². The lowest BCUT2D eigenvalue weighted by molar-refractivity contribution is -0.143. The SMILES string of the molecule is O=C(O)C1(c2ccccc2)CCN(Cc2nccs2)C1. The van der Waals surface area contributed by atoms with Crippen molar-refractivity contribution >= 4 is 17.3 Å². The van der Waals surface area contributed by atoms with E-state index in [0.29, 0.717) is 13.0 Å². The molecule has 0 radical (unpaired) electrons. The molecule has 1 aliphatic rings. The molecule has 1 unspecified atom stereocenters. The standard InChI is InChI=1S/C15H16N2O2S/c18-14(19)15(12-4-2-1-3-5-12)6-8-17(11-15)10-13-16-7-9-20-13/h1-5,7,9H,6,8,10-11H2,(H,18,19). The van der Waals surface area contributed by atoms with Gasteiger partial charge in [-0.3, -0.25) is 9.69 Å². The smallest absolute Gasteiger partial charge is 0.315 e. The number of likely N-dealkylation sites (tertiary alicyclic amines) is 1. The number of aliphatic carboxylic acids is 1. The molecule has 1 atom stereocenters. The van der Waals surface area contributed by atoms with Gasteiger partial charge < -0.3 is 5.11 Å². The van der Waals surface area contributed by atoms with Crippen LogP contribution in [0.25, 0.3) is 0 Å². The molecule has 0 spiro atoms. The molecule has 1 fully saturated rings. The molecule has 1 aliphatic heterocycles. The zero-order valence-electron chi connectivity index (χ0n) is 11.0. The van der Waals surface area contributed by atoms with Crippen LogP contribution in [0.2, 0.25) is 0 Å². The minimum atomic E-state index is -0.779. The minimum absolute atomic E-state index is 0.548. The van der Waals surface area contributed by atoms with Gasteiger partial charge in [0.15, 0.2) is 0 Å². The Kier molecular flexibility index (Phi) is 3.54. The van der Waals surface area contributed by atoms with Gasteiger partial charge in [0.2, 0.25) is 0 Å². The van der Waals surface area contributed by atoms with Crippen molar-refractivity contribution in [3.8, 4) is 0 Å². The highest BCUT2D eigenvalue weighted by Crippen LogP contribution is 2.35. The van der Waals surface area contributed by atoms with Gasteiger partial charge >= 0.3 is 5.97 Å². The van der Waals surface area contributed by atoms with E-state index < -0.39 is 11.4 Å². The van der Waals surface area contributed by atoms with Crippen LogP contribution in [0.15, 0.2) is 41.9 Å². The van der Waals surface area contributed by atoms with Gasteiger partial charge in [0.1, 0.15) is 10.4 Å². The summed E-state index contributed by atoms with van der Waals surface area (Å²) in [6.45, 7) is 2.08. The van der Waals surface area contributed by atoms with Gasteiger partial charge in [-0.2, -0.15) is 0 Å². The van der Waals surface area contributed by atoms with E-state index in [4.69, 9.17) is 0 Å². The largest absolute Gasteiger partial charge is 0.481 e. The van der Waals surface area contributed by atoms with Crippen LogP contribution in [0.3, 0.4) is 0 Å². The maximum atomic E-state index is 11.8. The highest BCUT2D eigenvalue weighted by Gasteiger charge is 2.46. The molecule has 1 aromatic heterocycles. The first-order valence-electron chi connectivity index (χ1n) is 6.60. The molecule has 104 valence electrons. The number of thiazole rings is 1. The first-order chi connectivity index (χ1) is 9.71. The summed E-state index contributed by atoms with van der Waals surface area (Å²) in [6, 6.07) is 9.57. The first kappa shape index (κ1) is 13.3. The van der Waals surface area contributed by atoms with E-state index in [-0.39, 0.29) is 0 Å². The van der Waals surface area contributed by atoms with Gasteiger partial charge in [-0.25, -0.2) is 4.98 Å². The third-order valence-corrected chi connectivity index (χ3v) is 4.69. The van der Waals surface area contributed by atoms with Crippen molar-refractivity contribution in [2.75, 3.05) is 13.1 Å². The van der Waals surface area contributed by atoms with Crippen LogP contribution in [-0.4, -0.2) is 34.0 Å². The second-order valence-corrected chi connectivity index (χ2v) is 6.12. The van der Waals surface area contributed by atoms with E-state index in [1.54, 1.807) is 17.5 Å². The number of carboxylic acid groups (broad SMARTS) is 1. The summed E-state index contributed by atoms with van der Waals surface area (Å²) >= 11 is 1.61. The Bertz CT molecular complexity index is 585. The Balaban J connectivity index is 1.82. The summed E-state index contributed by atoms with van der Waals surface area (Å²) in [6.07, 6.45) is 2.44. The summed E-state index contributed by atoms with van der Waals surface area (Å²) < 4.78 is 0. The molecule has 0 amide bonds. The first-order valence-corrected chi connectivity index (χ1v) is 7.48. The Labute approximate surface area is 121 Å². The normalized spacial score (nSPS) is 23.0. The number of benzene rings is 1. The quantitative estimate of drug-likeness (QED) is 0.938. The summed E-state index contributed by atoms with van der Waals surface area (Å²) in [5.41, 5.74) is 0.118. The average molecular weight is 288 g/mol. The van der Waals surface area contributed by atoms with E-state index in [9.17, 15) is 9.90 Å². The highest BCUT2D eigenvalue weighted by molar-refractivity contribution is 7.09. The number of aromatic nitrogens is 1. The maximum absolute atomic E-state index is 11.8. The number of nitrogens with zero attached hydrogens (tertiary/aromatic N) is 2. The molecule has 20 heavy (non-hydrogen) atoms. The lowest BCUT2D eigenvalue weighted by Crippen LogP contribution is -2.38. The number of rotatable bonds is 4. The van der Waals surface area contributed by atoms with Crippen LogP contribution >= 0.6 is 11.3 Å². The van der Waals surface area contributed by atoms with Crippen molar-refractivity contribution in [1.82, 2.24) is 9.88 Å². The number of hydrogen-bond acceptors (Lipinski definition) is 4. The van der Waals surface area contributed by atoms with E-state index in [0.717, 1.165) is 23.7 Å². The fraction of sp³-hybridized carbons (Fsp3) is 0.333. The topological polar surface area (TPSA) is 53.4 Å². The van der Waals surface area contributed by atoms with Crippen molar-refractivity contribution < 1.29 is 9.90 Å². The van der Waals surface area contributed by atoms with Gasteiger partial charge in [-0.1, -0.05) is 30.3 Å². The number of carboxylic acids is 1. The zero-order chi connectivity index (χ0) is 14.0. The van der Waals surface area contributed by atoms with Gasteiger partial charge in [0, 0.05) is 24.7 Å². The number of carbonyl (C=O) groups is 1. The van der Waals surface area contributed by atoms with E-state index in [2.05, 4.69) is 9.88 Å². The predicted molar refractivity (Wildman–Crippen MR) is 77.8 cm³/mol. The number of hydrogen-bond donors (Lipinski definition) is 1. The molecule has 1 aromatic carbocycles. The van der Waals surface area contributed by atoms with Crippen molar-refractivity contribution in [3.63, 3.8) is 0 Å². The van der Waals surface area contributed by atoms with Gasteiger partial charge in [0.05, 0.1) is 6.54 Å². The third kappa shape index (κ3) is 2.34. The lowest BCUT2D eigenvalue weighted by atomic mass is 9.80. The van der Waals surface area contributed by atoms with Gasteiger partial charge in [0.25, 0.3) is 0 Å². The van der Waals surface area contributed by atoms with E-state index in [1.165, 1.54) is 0 Å². The Hall–Kier alpha value is -1.72. The van der Waals surface area contributed by atoms with Gasteiger partial charge in [-0.15, -0.1) is 11.3 Å². The molecule has 1 saturated heterocycles. The second-order valence-electron chi connectivity index (χ2n) is 5.14. The van der Waals surface area contributed by atoms with E-state index >= 15 is 0 Å². The zero-order valence-corrected chi connectivity index (χ0v) is 11.8. The second kappa shape index (κ2) is 5.34. The molecule has 1 N–H and O–H groups in total. The molecule has 0 saturated carbocycles. The molecule has 0 aliphatic carbocycles. The predicted octanol–water partition coefficient (Wildman–Crippen LogP) is 2.37. The Morgan fingerprint density at radius 3 is 2.85 bits per heavy atom. The summed E-state index contributed by atoms with van der Waals surface area (Å²) in [5, 5.41) is 12.7. The molecule has 4 nitrogen and oxygen atoms in total. The average Bonchev–Trinajstić information content (AvgIpc) is 3.10. The van der Waals surface area contributed by atoms with Crippen LogP contribution < -0.4 is 0 Å². The Morgan fingerprint density at radius 2 is 2.20 bits per heavy atom. The molecule has 5 heteroatoms. The van der Waals surface area contributed by atoms with Crippen molar-refractivity contribution in [2.24, 2.45) is 0 Å². The summed E-state index contributed by atoms with van der Waals surface area (Å²) in [4.78, 5) is 18.3. The Morgan fingerprint density at radius 1 is 1.40 bits per heavy atom. The fourth-order valence-corrected chi connectivity index (χ4v) is 3.49. The molecule has 3 rings (SSSR count). The highest BCUT2D eigenvalue weighted by atomic mass is 32.1. The van der Waals surface area contributed by atoms with E-state index in [1.807, 2.05) is 35.7 Å². The molecule has 2 aromatic rings. The summed E-state index contributed by atoms with van der Waals surface area (Å²) in [5.74, 6) is -0.731. The molecule has 2 heterocycles. The van der Waals surface area contributed by atoms with Crippen molar-refractivity contribution in [1.29, 1.82) is 0 Å². The fourth-order valence-electron chi connectivity index (χ4n) is 2.84. The van der Waals surface area contributed by atoms with Crippen LogP contribution in [0, 0.1) is 0 Å². The van der Waals surface area contributed by atoms with Crippen molar-refractivity contribution in [2.45, 2.75) is 18.4 Å². The van der Waals surface area contributed by atoms with Gasteiger partial charge in [-0.05, 0) is 12.0 Å². The molecule has 0 bridgehead atoms. The third-order valence-electron chi connectivity index (χ3n) is 3.93. The van der Waals surface area contributed by atoms with Crippen LogP contribution in [0.4, 0.5) is 0 Å². The van der Waals surface area contributed by atoms with Crippen molar-refractivity contribution in [3.05, 3.63) is 52.5 Å². The molecular formula is C15H16N2O2S.